The van der Waals surface area contributed by atoms with E-state index in [1.807, 2.05) is 0 Å². The molecule has 1 aliphatic rings. The number of anilines is 1. The van der Waals surface area contributed by atoms with Gasteiger partial charge in [-0.05, 0) is 18.3 Å². The third-order valence-electron chi connectivity index (χ3n) is 3.58. The van der Waals surface area contributed by atoms with Crippen LogP contribution in [0, 0.1) is 5.41 Å². The lowest BCUT2D eigenvalue weighted by Gasteiger charge is -2.38. The maximum absolute atomic E-state index is 5.63. The van der Waals surface area contributed by atoms with Crippen molar-refractivity contribution in [1.82, 2.24) is 10.2 Å². The number of hydrogen-bond donors (Lipinski definition) is 1. The second-order valence-corrected chi connectivity index (χ2v) is 5.75. The number of hydrogen-bond acceptors (Lipinski definition) is 4. The van der Waals surface area contributed by atoms with Crippen LogP contribution in [-0.4, -0.2) is 22.1 Å². The van der Waals surface area contributed by atoms with Gasteiger partial charge in [0.25, 0.3) is 0 Å². The molecular formula is C12H20ClN3O. The van der Waals surface area contributed by atoms with Gasteiger partial charge in [0.1, 0.15) is 0 Å². The molecule has 4 nitrogen and oxygen atoms in total. The minimum Gasteiger partial charge on any atom is -0.408 e. The Bertz CT molecular complexity index is 364. The highest BCUT2D eigenvalue weighted by Crippen LogP contribution is 2.36. The van der Waals surface area contributed by atoms with E-state index in [-0.39, 0.29) is 0 Å². The average molecular weight is 258 g/mol. The van der Waals surface area contributed by atoms with Crippen molar-refractivity contribution in [3.8, 4) is 0 Å². The first-order chi connectivity index (χ1) is 8.12. The number of rotatable bonds is 4. The Balaban J connectivity index is 1.98. The molecule has 0 spiro atoms. The van der Waals surface area contributed by atoms with Gasteiger partial charge in [-0.3, -0.25) is 0 Å². The first-order valence-electron chi connectivity index (χ1n) is 6.27. The van der Waals surface area contributed by atoms with Crippen molar-refractivity contribution < 1.29 is 4.42 Å². The Morgan fingerprint density at radius 1 is 1.41 bits per heavy atom. The van der Waals surface area contributed by atoms with Crippen LogP contribution >= 0.6 is 11.6 Å². The second-order valence-electron chi connectivity index (χ2n) is 5.37. The second kappa shape index (κ2) is 5.25. The van der Waals surface area contributed by atoms with E-state index in [2.05, 4.69) is 29.4 Å². The standard InChI is InChI=1S/C12H20ClN3O/c1-12(2)7-4-3-5-9(12)14-11-16-15-10(17-11)6-8-13/h9H,3-8H2,1-2H3,(H,14,16). The van der Waals surface area contributed by atoms with Gasteiger partial charge in [0.05, 0.1) is 0 Å². The highest BCUT2D eigenvalue weighted by Gasteiger charge is 2.33. The number of nitrogens with zero attached hydrogens (tertiary/aromatic N) is 2. The Labute approximate surface area is 107 Å². The van der Waals surface area contributed by atoms with Gasteiger partial charge in [-0.15, -0.1) is 16.7 Å². The normalized spacial score (nSPS) is 23.6. The molecule has 17 heavy (non-hydrogen) atoms. The van der Waals surface area contributed by atoms with Crippen molar-refractivity contribution in [3.05, 3.63) is 5.89 Å². The van der Waals surface area contributed by atoms with E-state index in [9.17, 15) is 0 Å². The van der Waals surface area contributed by atoms with E-state index < -0.39 is 0 Å². The fourth-order valence-electron chi connectivity index (χ4n) is 2.40. The third-order valence-corrected chi connectivity index (χ3v) is 3.77. The monoisotopic (exact) mass is 257 g/mol. The molecule has 0 bridgehead atoms. The fourth-order valence-corrected chi connectivity index (χ4v) is 2.57. The topological polar surface area (TPSA) is 51.0 Å². The van der Waals surface area contributed by atoms with E-state index in [0.717, 1.165) is 0 Å². The average Bonchev–Trinajstić information content (AvgIpc) is 2.70. The molecule has 0 aliphatic heterocycles. The zero-order valence-electron chi connectivity index (χ0n) is 10.5. The molecule has 0 aromatic carbocycles. The molecule has 1 atom stereocenters. The Morgan fingerprint density at radius 3 is 2.94 bits per heavy atom. The zero-order chi connectivity index (χ0) is 12.3. The molecule has 0 saturated heterocycles. The molecule has 5 heteroatoms. The maximum atomic E-state index is 5.63. The summed E-state index contributed by atoms with van der Waals surface area (Å²) in [5.41, 5.74) is 0.291. The number of alkyl halides is 1. The molecule has 0 radical (unpaired) electrons. The molecule has 1 N–H and O–H groups in total. The minimum atomic E-state index is 0.291. The summed E-state index contributed by atoms with van der Waals surface area (Å²) in [6.45, 7) is 4.58. The molecule has 1 saturated carbocycles. The van der Waals surface area contributed by atoms with Crippen molar-refractivity contribution in [2.24, 2.45) is 5.41 Å². The maximum Gasteiger partial charge on any atom is 0.315 e. The van der Waals surface area contributed by atoms with Gasteiger partial charge in [0.2, 0.25) is 5.89 Å². The summed E-state index contributed by atoms with van der Waals surface area (Å²) in [6, 6.07) is 0.950. The summed E-state index contributed by atoms with van der Waals surface area (Å²) < 4.78 is 5.50. The van der Waals surface area contributed by atoms with Crippen molar-refractivity contribution >= 4 is 17.6 Å². The quantitative estimate of drug-likeness (QED) is 0.842. The molecule has 1 aromatic rings. The first kappa shape index (κ1) is 12.7. The van der Waals surface area contributed by atoms with Gasteiger partial charge in [-0.1, -0.05) is 31.8 Å². The van der Waals surface area contributed by atoms with Crippen LogP contribution in [0.25, 0.3) is 0 Å². The van der Waals surface area contributed by atoms with Crippen LogP contribution in [0.3, 0.4) is 0 Å². The van der Waals surface area contributed by atoms with Gasteiger partial charge in [-0.2, -0.15) is 0 Å². The molecule has 0 amide bonds. The highest BCUT2D eigenvalue weighted by atomic mass is 35.5. The van der Waals surface area contributed by atoms with Crippen LogP contribution in [-0.2, 0) is 6.42 Å². The van der Waals surface area contributed by atoms with Crippen LogP contribution in [0.4, 0.5) is 6.01 Å². The van der Waals surface area contributed by atoms with E-state index in [1.54, 1.807) is 0 Å². The molecular weight excluding hydrogens is 238 g/mol. The van der Waals surface area contributed by atoms with Gasteiger partial charge < -0.3 is 9.73 Å². The number of nitrogens with one attached hydrogen (secondary N) is 1. The molecule has 96 valence electrons. The largest absolute Gasteiger partial charge is 0.408 e. The van der Waals surface area contributed by atoms with Gasteiger partial charge in [-0.25, -0.2) is 0 Å². The van der Waals surface area contributed by atoms with Crippen molar-refractivity contribution in [2.45, 2.75) is 52.0 Å². The SMILES string of the molecule is CC1(C)CCCCC1Nc1nnc(CCCl)o1. The van der Waals surface area contributed by atoms with Crippen LogP contribution in [0.2, 0.25) is 0 Å². The minimum absolute atomic E-state index is 0.291. The predicted molar refractivity (Wildman–Crippen MR) is 68.4 cm³/mol. The predicted octanol–water partition coefficient (Wildman–Crippen LogP) is 3.23. The van der Waals surface area contributed by atoms with Gasteiger partial charge in [0.15, 0.2) is 0 Å². The lowest BCUT2D eigenvalue weighted by atomic mass is 9.73. The summed E-state index contributed by atoms with van der Waals surface area (Å²) in [7, 11) is 0. The first-order valence-corrected chi connectivity index (χ1v) is 6.80. The summed E-state index contributed by atoms with van der Waals surface area (Å²) in [5, 5.41) is 11.3. The van der Waals surface area contributed by atoms with E-state index >= 15 is 0 Å². The molecule has 1 unspecified atom stereocenters. The van der Waals surface area contributed by atoms with Crippen LogP contribution in [0.1, 0.15) is 45.4 Å². The molecule has 1 aromatic heterocycles. The van der Waals surface area contributed by atoms with E-state index in [4.69, 9.17) is 16.0 Å². The molecule has 1 heterocycles. The Hall–Kier alpha value is -0.770. The Morgan fingerprint density at radius 2 is 2.24 bits per heavy atom. The zero-order valence-corrected chi connectivity index (χ0v) is 11.3. The van der Waals surface area contributed by atoms with Crippen LogP contribution < -0.4 is 5.32 Å². The summed E-state index contributed by atoms with van der Waals surface area (Å²) in [5.74, 6) is 1.12. The van der Waals surface area contributed by atoms with Crippen LogP contribution in [0.5, 0.6) is 0 Å². The lowest BCUT2D eigenvalue weighted by Crippen LogP contribution is -2.39. The van der Waals surface area contributed by atoms with Crippen molar-refractivity contribution in [1.29, 1.82) is 0 Å². The third kappa shape index (κ3) is 3.12. The summed E-state index contributed by atoms with van der Waals surface area (Å²) >= 11 is 5.63. The van der Waals surface area contributed by atoms with Crippen molar-refractivity contribution in [2.75, 3.05) is 11.2 Å². The summed E-state index contributed by atoms with van der Waals surface area (Å²) in [6.07, 6.45) is 5.62. The van der Waals surface area contributed by atoms with Gasteiger partial charge >= 0.3 is 6.01 Å². The Kier molecular flexibility index (Phi) is 3.92. The van der Waals surface area contributed by atoms with Crippen molar-refractivity contribution in [3.63, 3.8) is 0 Å². The molecule has 2 rings (SSSR count). The van der Waals surface area contributed by atoms with E-state index in [0.29, 0.717) is 35.7 Å². The number of halogens is 1. The highest BCUT2D eigenvalue weighted by molar-refractivity contribution is 6.17. The lowest BCUT2D eigenvalue weighted by molar-refractivity contribution is 0.214. The number of aryl methyl sites for hydroxylation is 1. The number of aromatic nitrogens is 2. The fraction of sp³-hybridized carbons (Fsp3) is 0.833. The molecule has 1 fully saturated rings. The van der Waals surface area contributed by atoms with Gasteiger partial charge in [0, 0.05) is 18.3 Å². The summed E-state index contributed by atoms with van der Waals surface area (Å²) in [4.78, 5) is 0. The van der Waals surface area contributed by atoms with E-state index in [1.165, 1.54) is 25.7 Å². The smallest absolute Gasteiger partial charge is 0.315 e. The molecule has 1 aliphatic carbocycles. The van der Waals surface area contributed by atoms with Crippen LogP contribution in [0.15, 0.2) is 4.42 Å².